The Kier molecular flexibility index (Phi) is 9.06. The van der Waals surface area contributed by atoms with E-state index >= 15 is 0 Å². The van der Waals surface area contributed by atoms with Gasteiger partial charge in [-0.1, -0.05) is 41.9 Å². The summed E-state index contributed by atoms with van der Waals surface area (Å²) in [6.07, 6.45) is 3.32. The van der Waals surface area contributed by atoms with Gasteiger partial charge in [0.1, 0.15) is 17.5 Å². The lowest BCUT2D eigenvalue weighted by atomic mass is 10.1. The molecule has 2 N–H and O–H groups in total. The van der Waals surface area contributed by atoms with Gasteiger partial charge in [0.2, 0.25) is 5.91 Å². The van der Waals surface area contributed by atoms with Crippen LogP contribution in [0.5, 0.6) is 0 Å². The lowest BCUT2D eigenvalue weighted by molar-refractivity contribution is -0.124. The molecule has 0 fully saturated rings. The van der Waals surface area contributed by atoms with Crippen LogP contribution in [0.25, 0.3) is 11.8 Å². The smallest absolute Gasteiger partial charge is 0.338 e. The van der Waals surface area contributed by atoms with Crippen molar-refractivity contribution in [3.05, 3.63) is 106 Å². The van der Waals surface area contributed by atoms with E-state index in [9.17, 15) is 23.2 Å². The molecule has 4 aromatic rings. The van der Waals surface area contributed by atoms with Gasteiger partial charge in [-0.15, -0.1) is 15.0 Å². The van der Waals surface area contributed by atoms with Gasteiger partial charge in [0, 0.05) is 11.6 Å². The maximum Gasteiger partial charge on any atom is 0.338 e. The summed E-state index contributed by atoms with van der Waals surface area (Å²) in [6, 6.07) is 13.2. The third-order valence-electron chi connectivity index (χ3n) is 5.62. The number of hydrogen-bond donors (Lipinski definition) is 2. The van der Waals surface area contributed by atoms with Gasteiger partial charge in [-0.05, 0) is 68.0 Å². The lowest BCUT2D eigenvalue weighted by Gasteiger charge is -2.20. The number of nitrogens with zero attached hydrogens (tertiary/aromatic N) is 4. The molecule has 42 heavy (non-hydrogen) atoms. The number of halogens is 3. The first-order valence-electron chi connectivity index (χ1n) is 12.5. The molecule has 0 aliphatic carbocycles. The van der Waals surface area contributed by atoms with Gasteiger partial charge in [0.05, 0.1) is 22.0 Å². The summed E-state index contributed by atoms with van der Waals surface area (Å²) in [7, 11) is 0. The number of rotatable bonds is 8. The van der Waals surface area contributed by atoms with E-state index in [0.717, 1.165) is 29.3 Å². The van der Waals surface area contributed by atoms with E-state index in [1.807, 2.05) is 0 Å². The van der Waals surface area contributed by atoms with E-state index in [4.69, 9.17) is 16.3 Å². The average molecular weight is 595 g/mol. The Balaban J connectivity index is 1.55. The molecule has 10 nitrogen and oxygen atoms in total. The first-order chi connectivity index (χ1) is 19.9. The molecule has 1 aromatic heterocycles. The van der Waals surface area contributed by atoms with Crippen LogP contribution in [0.2, 0.25) is 5.02 Å². The van der Waals surface area contributed by atoms with Crippen LogP contribution < -0.4 is 10.6 Å². The summed E-state index contributed by atoms with van der Waals surface area (Å²) in [5, 5.41) is 16.0. The van der Waals surface area contributed by atoms with Gasteiger partial charge in [0.15, 0.2) is 12.1 Å². The third-order valence-corrected chi connectivity index (χ3v) is 5.91. The molecular weight excluding hydrogens is 570 g/mol. The second kappa shape index (κ2) is 12.7. The Hall–Kier alpha value is -4.97. The number of amides is 2. The van der Waals surface area contributed by atoms with Gasteiger partial charge in [0.25, 0.3) is 5.91 Å². The predicted octanol–water partition coefficient (Wildman–Crippen LogP) is 5.06. The monoisotopic (exact) mass is 594 g/mol. The second-order valence-electron chi connectivity index (χ2n) is 9.89. The van der Waals surface area contributed by atoms with Crippen LogP contribution in [0.4, 0.5) is 14.5 Å². The molecule has 1 heterocycles. The number of carbonyl (C=O) groups excluding carboxylic acids is 3. The minimum Gasteiger partial charge on any atom is -0.456 e. The molecule has 0 radical (unpaired) electrons. The molecule has 216 valence electrons. The Morgan fingerprint density at radius 1 is 1.05 bits per heavy atom. The number of aromatic nitrogens is 4. The summed E-state index contributed by atoms with van der Waals surface area (Å²) in [4.78, 5) is 39.6. The molecule has 2 amide bonds. The standard InChI is InChI=1S/C29H25ClF2N6O4/c1-29(2,3)42-28(41)18-9-12-22(21(31)15-18)35-27(40)26(17-7-5-4-6-8-17)36-24(39)14-10-19-23(38-34-16-33-37-38)13-11-20(30)25(19)32/h4-16,26H,1-3H3,(H,35,40)(H,36,39). The van der Waals surface area contributed by atoms with Crippen LogP contribution in [0.3, 0.4) is 0 Å². The summed E-state index contributed by atoms with van der Waals surface area (Å²) in [5.74, 6) is -3.96. The van der Waals surface area contributed by atoms with E-state index < -0.39 is 41.1 Å². The summed E-state index contributed by atoms with van der Waals surface area (Å²) in [5.41, 5.74) is -0.562. The highest BCUT2D eigenvalue weighted by atomic mass is 35.5. The zero-order valence-electron chi connectivity index (χ0n) is 22.6. The van der Waals surface area contributed by atoms with E-state index in [2.05, 4.69) is 26.0 Å². The molecule has 13 heteroatoms. The van der Waals surface area contributed by atoms with Crippen molar-refractivity contribution >= 4 is 41.1 Å². The number of tetrazole rings is 1. The molecule has 4 rings (SSSR count). The maximum absolute atomic E-state index is 14.9. The summed E-state index contributed by atoms with van der Waals surface area (Å²) in [6.45, 7) is 5.05. The average Bonchev–Trinajstić information content (AvgIpc) is 3.48. The Morgan fingerprint density at radius 2 is 1.79 bits per heavy atom. The normalized spacial score (nSPS) is 12.1. The van der Waals surface area contributed by atoms with Gasteiger partial charge in [-0.3, -0.25) is 9.59 Å². The van der Waals surface area contributed by atoms with E-state index in [1.165, 1.54) is 24.3 Å². The molecular formula is C29H25ClF2N6O4. The molecule has 0 saturated carbocycles. The van der Waals surface area contributed by atoms with Crippen LogP contribution in [0, 0.1) is 11.6 Å². The SMILES string of the molecule is CC(C)(C)OC(=O)c1ccc(NC(=O)C(NC(=O)C=Cc2c(-n3ncnn3)ccc(Cl)c2F)c2ccccc2)c(F)c1. The maximum atomic E-state index is 14.9. The van der Waals surface area contributed by atoms with Gasteiger partial charge >= 0.3 is 5.97 Å². The molecule has 0 bridgehead atoms. The van der Waals surface area contributed by atoms with Gasteiger partial charge < -0.3 is 15.4 Å². The van der Waals surface area contributed by atoms with Crippen LogP contribution in [-0.2, 0) is 14.3 Å². The molecule has 0 saturated heterocycles. The fourth-order valence-electron chi connectivity index (χ4n) is 3.75. The number of nitrogens with one attached hydrogen (secondary N) is 2. The number of carbonyl (C=O) groups is 3. The van der Waals surface area contributed by atoms with Gasteiger partial charge in [-0.2, -0.15) is 0 Å². The van der Waals surface area contributed by atoms with Crippen molar-refractivity contribution in [2.75, 3.05) is 5.32 Å². The Bertz CT molecular complexity index is 1640. The fraction of sp³-hybridized carbons (Fsp3) is 0.172. The van der Waals surface area contributed by atoms with E-state index in [0.29, 0.717) is 5.56 Å². The van der Waals surface area contributed by atoms with E-state index in [-0.39, 0.29) is 27.5 Å². The number of benzene rings is 3. The van der Waals surface area contributed by atoms with Crippen molar-refractivity contribution in [1.82, 2.24) is 25.5 Å². The highest BCUT2D eigenvalue weighted by Crippen LogP contribution is 2.26. The zero-order valence-corrected chi connectivity index (χ0v) is 23.4. The molecule has 1 atom stereocenters. The molecule has 0 aliphatic rings. The molecule has 0 spiro atoms. The molecule has 3 aromatic carbocycles. The van der Waals surface area contributed by atoms with Crippen LogP contribution in [0.15, 0.2) is 73.1 Å². The quantitative estimate of drug-likeness (QED) is 0.216. The number of ether oxygens (including phenoxy) is 1. The van der Waals surface area contributed by atoms with Crippen LogP contribution in [0.1, 0.15) is 48.3 Å². The lowest BCUT2D eigenvalue weighted by Crippen LogP contribution is -2.36. The topological polar surface area (TPSA) is 128 Å². The largest absolute Gasteiger partial charge is 0.456 e. The van der Waals surface area contributed by atoms with Crippen molar-refractivity contribution < 1.29 is 27.9 Å². The van der Waals surface area contributed by atoms with Crippen molar-refractivity contribution in [2.24, 2.45) is 0 Å². The van der Waals surface area contributed by atoms with Crippen molar-refractivity contribution in [2.45, 2.75) is 32.4 Å². The minimum atomic E-state index is -1.27. The highest BCUT2D eigenvalue weighted by Gasteiger charge is 2.24. The molecule has 0 aliphatic heterocycles. The Morgan fingerprint density at radius 3 is 2.43 bits per heavy atom. The summed E-state index contributed by atoms with van der Waals surface area (Å²) >= 11 is 5.93. The zero-order chi connectivity index (χ0) is 30.4. The summed E-state index contributed by atoms with van der Waals surface area (Å²) < 4.78 is 35.0. The van der Waals surface area contributed by atoms with Crippen molar-refractivity contribution in [3.63, 3.8) is 0 Å². The second-order valence-corrected chi connectivity index (χ2v) is 10.3. The van der Waals surface area contributed by atoms with Crippen molar-refractivity contribution in [3.8, 4) is 5.69 Å². The highest BCUT2D eigenvalue weighted by molar-refractivity contribution is 6.31. The minimum absolute atomic E-state index is 0.0350. The predicted molar refractivity (Wildman–Crippen MR) is 151 cm³/mol. The van der Waals surface area contributed by atoms with Crippen molar-refractivity contribution in [1.29, 1.82) is 0 Å². The first kappa shape index (κ1) is 30.0. The number of hydrogen-bond acceptors (Lipinski definition) is 7. The first-order valence-corrected chi connectivity index (χ1v) is 12.9. The number of esters is 1. The van der Waals surface area contributed by atoms with Crippen LogP contribution in [-0.4, -0.2) is 43.6 Å². The third kappa shape index (κ3) is 7.40. The number of anilines is 1. The molecule has 1 unspecified atom stereocenters. The van der Waals surface area contributed by atoms with Crippen LogP contribution >= 0.6 is 11.6 Å². The fourth-order valence-corrected chi connectivity index (χ4v) is 3.91. The van der Waals surface area contributed by atoms with Gasteiger partial charge in [-0.25, -0.2) is 13.6 Å². The Labute approximate surface area is 244 Å². The van der Waals surface area contributed by atoms with E-state index in [1.54, 1.807) is 51.1 Å².